The predicted octanol–water partition coefficient (Wildman–Crippen LogP) is 4.19. The molecular weight excluding hydrogens is 412 g/mol. The summed E-state index contributed by atoms with van der Waals surface area (Å²) < 4.78 is 28.4. The summed E-state index contributed by atoms with van der Waals surface area (Å²) in [7, 11) is -3.23. The molecule has 166 valence electrons. The third-order valence-electron chi connectivity index (χ3n) is 4.85. The molecule has 2 aromatic heterocycles. The summed E-state index contributed by atoms with van der Waals surface area (Å²) in [5.41, 5.74) is 4.46. The van der Waals surface area contributed by atoms with Crippen molar-refractivity contribution in [2.45, 2.75) is 53.1 Å². The van der Waals surface area contributed by atoms with Crippen molar-refractivity contribution in [3.63, 3.8) is 0 Å². The first-order chi connectivity index (χ1) is 14.8. The maximum absolute atomic E-state index is 11.9. The van der Waals surface area contributed by atoms with E-state index in [1.165, 1.54) is 0 Å². The fraction of sp³-hybridized carbons (Fsp3) is 0.409. The molecule has 0 radical (unpaired) electrons. The van der Waals surface area contributed by atoms with E-state index < -0.39 is 10.0 Å². The summed E-state index contributed by atoms with van der Waals surface area (Å²) in [6, 6.07) is 7.81. The molecule has 0 saturated heterocycles. The second kappa shape index (κ2) is 10.0. The first-order valence-corrected chi connectivity index (χ1v) is 12.1. The number of hydrogen-bond donors (Lipinski definition) is 2. The number of nitrogens with one attached hydrogen (secondary N) is 2. The number of hydrogen-bond acceptors (Lipinski definition) is 6. The van der Waals surface area contributed by atoms with Crippen molar-refractivity contribution in [3.05, 3.63) is 54.0 Å². The Balaban J connectivity index is 1.67. The number of rotatable bonds is 10. The van der Waals surface area contributed by atoms with Crippen LogP contribution >= 0.6 is 0 Å². The zero-order chi connectivity index (χ0) is 22.4. The van der Waals surface area contributed by atoms with Crippen LogP contribution in [0.3, 0.4) is 0 Å². The molecule has 0 aliphatic heterocycles. The van der Waals surface area contributed by atoms with Gasteiger partial charge >= 0.3 is 0 Å². The SMILES string of the molecule is CCCCS(=O)(=O)NCc1ccc(Nc2ncc(C)c(-c3cnn(C(C)C)c3)n2)cc1. The molecule has 9 heteroatoms. The minimum absolute atomic E-state index is 0.159. The summed E-state index contributed by atoms with van der Waals surface area (Å²) in [4.78, 5) is 9.04. The maximum atomic E-state index is 11.9. The summed E-state index contributed by atoms with van der Waals surface area (Å²) in [5, 5.41) is 7.60. The minimum atomic E-state index is -3.23. The molecule has 2 N–H and O–H groups in total. The standard InChI is InChI=1S/C22H30N6O2S/c1-5-6-11-31(29,30)25-13-18-7-9-20(10-8-18)26-22-23-12-17(4)21(27-22)19-14-24-28(15-19)16(2)3/h7-10,12,14-16,25H,5-6,11,13H2,1-4H3,(H,23,26,27). The van der Waals surface area contributed by atoms with Gasteiger partial charge in [-0.15, -0.1) is 0 Å². The predicted molar refractivity (Wildman–Crippen MR) is 124 cm³/mol. The smallest absolute Gasteiger partial charge is 0.227 e. The lowest BCUT2D eigenvalue weighted by Gasteiger charge is -2.10. The van der Waals surface area contributed by atoms with E-state index in [0.29, 0.717) is 12.4 Å². The molecule has 2 heterocycles. The monoisotopic (exact) mass is 442 g/mol. The topological polar surface area (TPSA) is 102 Å². The molecule has 0 aliphatic carbocycles. The summed E-state index contributed by atoms with van der Waals surface area (Å²) >= 11 is 0. The number of benzene rings is 1. The van der Waals surface area contributed by atoms with E-state index in [2.05, 4.69) is 39.0 Å². The number of aromatic nitrogens is 4. The molecule has 8 nitrogen and oxygen atoms in total. The third-order valence-corrected chi connectivity index (χ3v) is 6.26. The highest BCUT2D eigenvalue weighted by atomic mass is 32.2. The van der Waals surface area contributed by atoms with Crippen LogP contribution in [0.2, 0.25) is 0 Å². The number of anilines is 2. The lowest BCUT2D eigenvalue weighted by molar-refractivity contribution is 0.532. The number of unbranched alkanes of at least 4 members (excludes halogenated alkanes) is 1. The molecule has 3 rings (SSSR count). The Kier molecular flexibility index (Phi) is 7.40. The highest BCUT2D eigenvalue weighted by molar-refractivity contribution is 7.89. The lowest BCUT2D eigenvalue weighted by Crippen LogP contribution is -2.25. The molecule has 0 amide bonds. The fourth-order valence-corrected chi connectivity index (χ4v) is 4.17. The molecule has 1 aromatic carbocycles. The third kappa shape index (κ3) is 6.35. The zero-order valence-electron chi connectivity index (χ0n) is 18.5. The van der Waals surface area contributed by atoms with Gasteiger partial charge in [0.25, 0.3) is 0 Å². The maximum Gasteiger partial charge on any atom is 0.227 e. The Bertz CT molecular complexity index is 1110. The van der Waals surface area contributed by atoms with Gasteiger partial charge in [0.1, 0.15) is 0 Å². The molecule has 0 aliphatic rings. The number of sulfonamides is 1. The van der Waals surface area contributed by atoms with Crippen LogP contribution in [0.15, 0.2) is 42.9 Å². The first kappa shape index (κ1) is 22.9. The normalized spacial score (nSPS) is 11.8. The Morgan fingerprint density at radius 3 is 2.52 bits per heavy atom. The van der Waals surface area contributed by atoms with Gasteiger partial charge in [-0.25, -0.2) is 23.1 Å². The first-order valence-electron chi connectivity index (χ1n) is 10.5. The molecular formula is C22H30N6O2S. The van der Waals surface area contributed by atoms with Crippen molar-refractivity contribution in [2.24, 2.45) is 0 Å². The summed E-state index contributed by atoms with van der Waals surface area (Å²) in [5.74, 6) is 0.651. The van der Waals surface area contributed by atoms with E-state index in [0.717, 1.165) is 34.5 Å². The van der Waals surface area contributed by atoms with E-state index in [1.54, 1.807) is 6.20 Å². The average molecular weight is 443 g/mol. The Labute approximate surface area is 184 Å². The van der Waals surface area contributed by atoms with Gasteiger partial charge < -0.3 is 5.32 Å². The van der Waals surface area contributed by atoms with Gasteiger partial charge in [0.15, 0.2) is 0 Å². The molecule has 0 fully saturated rings. The van der Waals surface area contributed by atoms with Crippen LogP contribution in [0.4, 0.5) is 11.6 Å². The van der Waals surface area contributed by atoms with Gasteiger partial charge in [0.05, 0.1) is 17.6 Å². The van der Waals surface area contributed by atoms with Gasteiger partial charge in [0, 0.05) is 36.2 Å². The molecule has 0 bridgehead atoms. The fourth-order valence-electron chi connectivity index (χ4n) is 2.97. The van der Waals surface area contributed by atoms with E-state index in [4.69, 9.17) is 0 Å². The number of aryl methyl sites for hydroxylation is 1. The molecule has 0 unspecified atom stereocenters. The van der Waals surface area contributed by atoms with Crippen molar-refractivity contribution < 1.29 is 8.42 Å². The number of nitrogens with zero attached hydrogens (tertiary/aromatic N) is 4. The molecule has 0 spiro atoms. The van der Waals surface area contributed by atoms with Crippen LogP contribution in [0.1, 0.15) is 50.8 Å². The molecule has 0 saturated carbocycles. The Morgan fingerprint density at radius 2 is 1.87 bits per heavy atom. The van der Waals surface area contributed by atoms with E-state index in [1.807, 2.05) is 55.2 Å². The Morgan fingerprint density at radius 1 is 1.13 bits per heavy atom. The molecule has 0 atom stereocenters. The van der Waals surface area contributed by atoms with Crippen molar-refractivity contribution in [1.29, 1.82) is 0 Å². The van der Waals surface area contributed by atoms with Gasteiger partial charge in [-0.2, -0.15) is 5.10 Å². The van der Waals surface area contributed by atoms with Crippen molar-refractivity contribution in [1.82, 2.24) is 24.5 Å². The van der Waals surface area contributed by atoms with E-state index >= 15 is 0 Å². The van der Waals surface area contributed by atoms with Gasteiger partial charge in [-0.3, -0.25) is 4.68 Å². The van der Waals surface area contributed by atoms with Crippen LogP contribution in [-0.2, 0) is 16.6 Å². The Hall–Kier alpha value is -2.78. The van der Waals surface area contributed by atoms with Gasteiger partial charge in [0.2, 0.25) is 16.0 Å². The van der Waals surface area contributed by atoms with E-state index in [9.17, 15) is 8.42 Å². The average Bonchev–Trinajstić information content (AvgIpc) is 3.24. The van der Waals surface area contributed by atoms with Crippen LogP contribution < -0.4 is 10.0 Å². The van der Waals surface area contributed by atoms with E-state index in [-0.39, 0.29) is 18.3 Å². The van der Waals surface area contributed by atoms with Crippen molar-refractivity contribution >= 4 is 21.7 Å². The van der Waals surface area contributed by atoms with Crippen molar-refractivity contribution in [2.75, 3.05) is 11.1 Å². The van der Waals surface area contributed by atoms with Gasteiger partial charge in [-0.1, -0.05) is 25.5 Å². The second-order valence-electron chi connectivity index (χ2n) is 7.84. The highest BCUT2D eigenvalue weighted by Gasteiger charge is 2.11. The zero-order valence-corrected chi connectivity index (χ0v) is 19.3. The molecule has 3 aromatic rings. The van der Waals surface area contributed by atoms with Gasteiger partial charge in [-0.05, 0) is 50.5 Å². The second-order valence-corrected chi connectivity index (χ2v) is 9.77. The summed E-state index contributed by atoms with van der Waals surface area (Å²) in [6.07, 6.45) is 7.10. The minimum Gasteiger partial charge on any atom is -0.324 e. The van der Waals surface area contributed by atoms with Crippen LogP contribution in [-0.4, -0.2) is 33.9 Å². The lowest BCUT2D eigenvalue weighted by atomic mass is 10.1. The largest absolute Gasteiger partial charge is 0.324 e. The quantitative estimate of drug-likeness (QED) is 0.488. The van der Waals surface area contributed by atoms with Crippen LogP contribution in [0.5, 0.6) is 0 Å². The van der Waals surface area contributed by atoms with Crippen LogP contribution in [0, 0.1) is 6.92 Å². The molecule has 31 heavy (non-hydrogen) atoms. The van der Waals surface area contributed by atoms with Crippen molar-refractivity contribution in [3.8, 4) is 11.3 Å². The summed E-state index contributed by atoms with van der Waals surface area (Å²) in [6.45, 7) is 8.38. The van der Waals surface area contributed by atoms with Crippen LogP contribution in [0.25, 0.3) is 11.3 Å². The highest BCUT2D eigenvalue weighted by Crippen LogP contribution is 2.23.